The quantitative estimate of drug-likeness (QED) is 0.219. The van der Waals surface area contributed by atoms with Gasteiger partial charge >= 0.3 is 6.36 Å². The first-order valence-corrected chi connectivity index (χ1v) is 15.7. The molecule has 0 amide bonds. The lowest BCUT2D eigenvalue weighted by Gasteiger charge is -2.35. The zero-order chi connectivity index (χ0) is 30.7. The SMILES string of the molecule is NCc1cc(OC(F)(F)F)ccc1-c1cn(CC2CCNCC2)c2ccc(CN3CCN(Cc4ccccc4Cl)CC3)cc12. The van der Waals surface area contributed by atoms with Crippen LogP contribution in [0.1, 0.15) is 29.5 Å². The number of nitrogens with zero attached hydrogens (tertiary/aromatic N) is 3. The minimum Gasteiger partial charge on any atom is -0.406 e. The van der Waals surface area contributed by atoms with Gasteiger partial charge in [-0.1, -0.05) is 41.9 Å². The molecule has 0 atom stereocenters. The van der Waals surface area contributed by atoms with E-state index in [9.17, 15) is 13.2 Å². The highest BCUT2D eigenvalue weighted by molar-refractivity contribution is 6.31. The lowest BCUT2D eigenvalue weighted by atomic mass is 9.98. The molecule has 0 aliphatic carbocycles. The maximum absolute atomic E-state index is 12.9. The third-order valence-electron chi connectivity index (χ3n) is 8.90. The molecular weight excluding hydrogens is 587 g/mol. The van der Waals surface area contributed by atoms with Gasteiger partial charge in [0.1, 0.15) is 5.75 Å². The molecular formula is C34H39ClF3N5O. The van der Waals surface area contributed by atoms with Crippen molar-refractivity contribution in [2.75, 3.05) is 39.3 Å². The Labute approximate surface area is 261 Å². The number of halogens is 4. The van der Waals surface area contributed by atoms with Crippen LogP contribution in [-0.2, 0) is 26.2 Å². The highest BCUT2D eigenvalue weighted by Crippen LogP contribution is 2.37. The molecule has 1 aromatic heterocycles. The van der Waals surface area contributed by atoms with Crippen LogP contribution < -0.4 is 15.8 Å². The molecule has 2 fully saturated rings. The number of rotatable bonds is 9. The van der Waals surface area contributed by atoms with Crippen molar-refractivity contribution in [2.24, 2.45) is 11.7 Å². The summed E-state index contributed by atoms with van der Waals surface area (Å²) >= 11 is 6.39. The summed E-state index contributed by atoms with van der Waals surface area (Å²) in [6.45, 7) is 8.58. The summed E-state index contributed by atoms with van der Waals surface area (Å²) in [6.07, 6.45) is -0.365. The van der Waals surface area contributed by atoms with E-state index in [-0.39, 0.29) is 12.3 Å². The summed E-state index contributed by atoms with van der Waals surface area (Å²) in [7, 11) is 0. The van der Waals surface area contributed by atoms with Crippen molar-refractivity contribution in [1.29, 1.82) is 0 Å². The average Bonchev–Trinajstić information content (AvgIpc) is 3.36. The van der Waals surface area contributed by atoms with Crippen LogP contribution in [0.2, 0.25) is 5.02 Å². The molecule has 0 bridgehead atoms. The summed E-state index contributed by atoms with van der Waals surface area (Å²) in [5.74, 6) is 0.312. The normalized spacial score (nSPS) is 17.4. The molecule has 2 aliphatic rings. The van der Waals surface area contributed by atoms with Crippen molar-refractivity contribution in [3.63, 3.8) is 0 Å². The fourth-order valence-electron chi connectivity index (χ4n) is 6.58. The summed E-state index contributed by atoms with van der Waals surface area (Å²) in [5, 5.41) is 5.34. The van der Waals surface area contributed by atoms with Gasteiger partial charge in [0.05, 0.1) is 0 Å². The Hall–Kier alpha value is -3.08. The van der Waals surface area contributed by atoms with E-state index < -0.39 is 6.36 Å². The van der Waals surface area contributed by atoms with Gasteiger partial charge in [-0.25, -0.2) is 0 Å². The standard InChI is InChI=1S/C34H39ClF3N5O/c35-32-4-2-1-3-26(32)22-42-15-13-41(14-16-42)20-25-5-8-33-30(17-25)31(23-43(33)21-24-9-11-40-12-10-24)29-7-6-28(18-27(29)19-39)44-34(36,37)38/h1-8,17-18,23-24,40H,9-16,19-22,39H2. The first kappa shape index (κ1) is 30.9. The van der Waals surface area contributed by atoms with Crippen LogP contribution in [0, 0.1) is 5.92 Å². The smallest absolute Gasteiger partial charge is 0.406 e. The van der Waals surface area contributed by atoms with E-state index in [1.807, 2.05) is 18.2 Å². The second-order valence-electron chi connectivity index (χ2n) is 12.0. The number of nitrogens with one attached hydrogen (secondary N) is 1. The van der Waals surface area contributed by atoms with Crippen LogP contribution in [0.25, 0.3) is 22.0 Å². The first-order chi connectivity index (χ1) is 21.3. The summed E-state index contributed by atoms with van der Waals surface area (Å²) in [5.41, 5.74) is 12.0. The Morgan fingerprint density at radius 2 is 1.59 bits per heavy atom. The van der Waals surface area contributed by atoms with Gasteiger partial charge in [0.25, 0.3) is 0 Å². The Kier molecular flexibility index (Phi) is 9.49. The highest BCUT2D eigenvalue weighted by atomic mass is 35.5. The van der Waals surface area contributed by atoms with Gasteiger partial charge in [0, 0.05) is 80.0 Å². The van der Waals surface area contributed by atoms with Crippen LogP contribution in [-0.4, -0.2) is 60.0 Å². The molecule has 10 heteroatoms. The number of benzene rings is 3. The number of nitrogens with two attached hydrogens (primary N) is 1. The largest absolute Gasteiger partial charge is 0.573 e. The lowest BCUT2D eigenvalue weighted by Crippen LogP contribution is -2.45. The Balaban J connectivity index is 1.25. The highest BCUT2D eigenvalue weighted by Gasteiger charge is 2.31. The number of aromatic nitrogens is 1. The second kappa shape index (κ2) is 13.5. The van der Waals surface area contributed by atoms with E-state index >= 15 is 0 Å². The number of hydrogen-bond donors (Lipinski definition) is 2. The van der Waals surface area contributed by atoms with Crippen LogP contribution in [0.5, 0.6) is 5.75 Å². The van der Waals surface area contributed by atoms with Crippen LogP contribution in [0.15, 0.2) is 66.9 Å². The van der Waals surface area contributed by atoms with Crippen molar-refractivity contribution >= 4 is 22.5 Å². The Bertz CT molecular complexity index is 1580. The number of alkyl halides is 3. The molecule has 2 aliphatic heterocycles. The first-order valence-electron chi connectivity index (χ1n) is 15.4. The Morgan fingerprint density at radius 1 is 0.864 bits per heavy atom. The molecule has 6 rings (SSSR count). The van der Waals surface area contributed by atoms with E-state index in [0.29, 0.717) is 11.5 Å². The van der Waals surface area contributed by atoms with Crippen molar-refractivity contribution in [1.82, 2.24) is 19.7 Å². The number of piperidine rings is 1. The Morgan fingerprint density at radius 3 is 2.30 bits per heavy atom. The molecule has 6 nitrogen and oxygen atoms in total. The molecule has 3 N–H and O–H groups in total. The molecule has 3 heterocycles. The van der Waals surface area contributed by atoms with Gasteiger partial charge < -0.3 is 20.4 Å². The summed E-state index contributed by atoms with van der Waals surface area (Å²) in [6, 6.07) is 19.2. The van der Waals surface area contributed by atoms with E-state index in [1.165, 1.54) is 17.7 Å². The fraction of sp³-hybridized carbons (Fsp3) is 0.412. The monoisotopic (exact) mass is 625 g/mol. The number of hydrogen-bond acceptors (Lipinski definition) is 5. The van der Waals surface area contributed by atoms with Crippen LogP contribution >= 0.6 is 11.6 Å². The second-order valence-corrected chi connectivity index (χ2v) is 12.4. The summed E-state index contributed by atoms with van der Waals surface area (Å²) in [4.78, 5) is 4.92. The molecule has 2 saturated heterocycles. The van der Waals surface area contributed by atoms with Crippen molar-refractivity contribution in [2.45, 2.75) is 45.4 Å². The number of fused-ring (bicyclic) bond motifs is 1. The van der Waals surface area contributed by atoms with E-state index in [2.05, 4.69) is 54.9 Å². The minimum atomic E-state index is -4.76. The zero-order valence-corrected chi connectivity index (χ0v) is 25.5. The van der Waals surface area contributed by atoms with Crippen molar-refractivity contribution in [3.05, 3.63) is 88.6 Å². The summed E-state index contributed by atoms with van der Waals surface area (Å²) < 4.78 is 45.3. The third kappa shape index (κ3) is 7.41. The molecule has 234 valence electrons. The molecule has 0 spiro atoms. The van der Waals surface area contributed by atoms with Crippen molar-refractivity contribution in [3.8, 4) is 16.9 Å². The molecule has 0 unspecified atom stereocenters. The molecule has 44 heavy (non-hydrogen) atoms. The lowest BCUT2D eigenvalue weighted by molar-refractivity contribution is -0.274. The maximum Gasteiger partial charge on any atom is 0.573 e. The van der Waals surface area contributed by atoms with Crippen LogP contribution in [0.4, 0.5) is 13.2 Å². The van der Waals surface area contributed by atoms with E-state index in [1.54, 1.807) is 6.07 Å². The third-order valence-corrected chi connectivity index (χ3v) is 9.27. The maximum atomic E-state index is 12.9. The fourth-order valence-corrected chi connectivity index (χ4v) is 6.78. The average molecular weight is 626 g/mol. The van der Waals surface area contributed by atoms with Gasteiger partial charge in [-0.05, 0) is 84.4 Å². The number of ether oxygens (including phenoxy) is 1. The zero-order valence-electron chi connectivity index (χ0n) is 24.8. The molecule has 3 aromatic carbocycles. The van der Waals surface area contributed by atoms with E-state index in [0.717, 1.165) is 104 Å². The van der Waals surface area contributed by atoms with Crippen LogP contribution in [0.3, 0.4) is 0 Å². The van der Waals surface area contributed by atoms with E-state index in [4.69, 9.17) is 17.3 Å². The van der Waals surface area contributed by atoms with Gasteiger partial charge in [-0.15, -0.1) is 13.2 Å². The minimum absolute atomic E-state index is 0.101. The molecule has 0 radical (unpaired) electrons. The molecule has 0 saturated carbocycles. The van der Waals surface area contributed by atoms with Gasteiger partial charge in [0.2, 0.25) is 0 Å². The van der Waals surface area contributed by atoms with Crippen molar-refractivity contribution < 1.29 is 17.9 Å². The predicted molar refractivity (Wildman–Crippen MR) is 170 cm³/mol. The van der Waals surface area contributed by atoms with Gasteiger partial charge in [-0.3, -0.25) is 9.80 Å². The number of piperazine rings is 1. The van der Waals surface area contributed by atoms with Gasteiger partial charge in [0.15, 0.2) is 0 Å². The van der Waals surface area contributed by atoms with Gasteiger partial charge in [-0.2, -0.15) is 0 Å². The molecule has 4 aromatic rings. The predicted octanol–water partition coefficient (Wildman–Crippen LogP) is 6.64. The topological polar surface area (TPSA) is 58.7 Å².